The van der Waals surface area contributed by atoms with E-state index >= 15 is 0 Å². The number of methoxy groups -OCH3 is 2. The smallest absolute Gasteiger partial charge is 0.264 e. The van der Waals surface area contributed by atoms with Gasteiger partial charge in [-0.25, -0.2) is 12.8 Å². The van der Waals surface area contributed by atoms with Gasteiger partial charge in [0, 0.05) is 12.6 Å². The third kappa shape index (κ3) is 6.47. The van der Waals surface area contributed by atoms with Crippen LogP contribution in [0.5, 0.6) is 11.5 Å². The summed E-state index contributed by atoms with van der Waals surface area (Å²) in [7, 11) is 2.41. The van der Waals surface area contributed by atoms with Crippen molar-refractivity contribution in [1.29, 1.82) is 0 Å². The molecular weight excluding hydrogens is 461 g/mol. The molecule has 1 amide bonds. The van der Waals surface area contributed by atoms with Crippen molar-refractivity contribution in [2.45, 2.75) is 11.3 Å². The Bertz CT molecular complexity index is 1050. The van der Waals surface area contributed by atoms with Crippen LogP contribution < -0.4 is 19.1 Å². The molecule has 0 aliphatic carbocycles. The molecule has 0 saturated carbocycles. The van der Waals surface area contributed by atoms with Crippen LogP contribution in [0.1, 0.15) is 6.42 Å². The van der Waals surface area contributed by atoms with E-state index in [0.717, 1.165) is 23.0 Å². The standard InChI is InChI=1S/C21H27ClFN3O5S/c1-25(2)11-5-10-24-21(27)14-26(15-6-8-18(23)17(22)12-15)32(28,29)16-7-9-19(30-3)20(13-16)31-4/h6-9,12-13H,5,10-11,14H2,1-4H3,(H,24,27). The van der Waals surface area contributed by atoms with Crippen LogP contribution in [-0.2, 0) is 14.8 Å². The maximum absolute atomic E-state index is 13.7. The Morgan fingerprint density at radius 3 is 2.38 bits per heavy atom. The molecular formula is C21H27ClFN3O5S. The molecule has 0 aromatic heterocycles. The first-order valence-electron chi connectivity index (χ1n) is 9.71. The fourth-order valence-electron chi connectivity index (χ4n) is 2.87. The summed E-state index contributed by atoms with van der Waals surface area (Å²) < 4.78 is 51.8. The lowest BCUT2D eigenvalue weighted by Gasteiger charge is -2.25. The zero-order valence-corrected chi connectivity index (χ0v) is 20.0. The maximum Gasteiger partial charge on any atom is 0.264 e. The molecule has 0 unspecified atom stereocenters. The van der Waals surface area contributed by atoms with Crippen LogP contribution in [-0.4, -0.2) is 67.2 Å². The molecule has 0 heterocycles. The summed E-state index contributed by atoms with van der Waals surface area (Å²) in [4.78, 5) is 14.4. The number of benzene rings is 2. The molecule has 2 rings (SSSR count). The van der Waals surface area contributed by atoms with Gasteiger partial charge in [-0.2, -0.15) is 0 Å². The van der Waals surface area contributed by atoms with Gasteiger partial charge in [0.15, 0.2) is 11.5 Å². The predicted molar refractivity (Wildman–Crippen MR) is 122 cm³/mol. The normalized spacial score (nSPS) is 11.3. The molecule has 11 heteroatoms. The molecule has 176 valence electrons. The molecule has 0 fully saturated rings. The number of hydrogen-bond donors (Lipinski definition) is 1. The van der Waals surface area contributed by atoms with Crippen molar-refractivity contribution >= 4 is 33.2 Å². The number of carbonyl (C=O) groups is 1. The molecule has 2 aromatic rings. The van der Waals surface area contributed by atoms with Crippen LogP contribution in [0.2, 0.25) is 5.02 Å². The molecule has 0 atom stereocenters. The van der Waals surface area contributed by atoms with E-state index in [1.165, 1.54) is 38.5 Å². The van der Waals surface area contributed by atoms with Gasteiger partial charge in [-0.1, -0.05) is 11.6 Å². The van der Waals surface area contributed by atoms with Crippen LogP contribution in [0.4, 0.5) is 10.1 Å². The summed E-state index contributed by atoms with van der Waals surface area (Å²) in [6, 6.07) is 7.53. The van der Waals surface area contributed by atoms with E-state index in [2.05, 4.69) is 5.32 Å². The second kappa shape index (κ2) is 11.3. The highest BCUT2D eigenvalue weighted by atomic mass is 35.5. The van der Waals surface area contributed by atoms with Crippen LogP contribution >= 0.6 is 11.6 Å². The van der Waals surface area contributed by atoms with Gasteiger partial charge in [-0.15, -0.1) is 0 Å². The maximum atomic E-state index is 13.7. The number of carbonyl (C=O) groups excluding carboxylic acids is 1. The number of sulfonamides is 1. The Morgan fingerprint density at radius 1 is 1.09 bits per heavy atom. The van der Waals surface area contributed by atoms with Gasteiger partial charge in [0.2, 0.25) is 5.91 Å². The lowest BCUT2D eigenvalue weighted by atomic mass is 10.3. The van der Waals surface area contributed by atoms with Crippen LogP contribution in [0.15, 0.2) is 41.3 Å². The first-order valence-corrected chi connectivity index (χ1v) is 11.5. The number of amides is 1. The second-order valence-corrected chi connectivity index (χ2v) is 9.40. The van der Waals surface area contributed by atoms with Gasteiger partial charge in [0.25, 0.3) is 10.0 Å². The highest BCUT2D eigenvalue weighted by Gasteiger charge is 2.29. The monoisotopic (exact) mass is 487 g/mol. The molecule has 0 spiro atoms. The quantitative estimate of drug-likeness (QED) is 0.490. The molecule has 2 aromatic carbocycles. The number of nitrogens with one attached hydrogen (secondary N) is 1. The van der Waals surface area contributed by atoms with E-state index < -0.39 is 28.3 Å². The number of ether oxygens (including phenoxy) is 2. The Hall–Kier alpha value is -2.56. The topological polar surface area (TPSA) is 88.2 Å². The van der Waals surface area contributed by atoms with Crippen molar-refractivity contribution in [2.75, 3.05) is 52.3 Å². The van der Waals surface area contributed by atoms with E-state index in [1.807, 2.05) is 19.0 Å². The van der Waals surface area contributed by atoms with Gasteiger partial charge < -0.3 is 19.7 Å². The third-order valence-corrected chi connectivity index (χ3v) is 6.59. The van der Waals surface area contributed by atoms with Crippen molar-refractivity contribution in [3.63, 3.8) is 0 Å². The zero-order chi connectivity index (χ0) is 23.9. The van der Waals surface area contributed by atoms with E-state index in [4.69, 9.17) is 21.1 Å². The van der Waals surface area contributed by atoms with Crippen LogP contribution in [0.3, 0.4) is 0 Å². The summed E-state index contributed by atoms with van der Waals surface area (Å²) in [6.45, 7) is 0.632. The largest absolute Gasteiger partial charge is 0.493 e. The summed E-state index contributed by atoms with van der Waals surface area (Å²) in [5.41, 5.74) is 0.0506. The summed E-state index contributed by atoms with van der Waals surface area (Å²) in [5, 5.41) is 2.44. The fourth-order valence-corrected chi connectivity index (χ4v) is 4.47. The van der Waals surface area contributed by atoms with Crippen molar-refractivity contribution < 1.29 is 27.1 Å². The Kier molecular flexibility index (Phi) is 9.11. The fraction of sp³-hybridized carbons (Fsp3) is 0.381. The molecule has 1 N–H and O–H groups in total. The molecule has 0 aliphatic heterocycles. The molecule has 0 bridgehead atoms. The average molecular weight is 488 g/mol. The Labute approximate surface area is 192 Å². The second-order valence-electron chi connectivity index (χ2n) is 7.13. The van der Waals surface area contributed by atoms with E-state index in [9.17, 15) is 17.6 Å². The minimum Gasteiger partial charge on any atom is -0.493 e. The first-order chi connectivity index (χ1) is 15.1. The molecule has 0 radical (unpaired) electrons. The van der Waals surface area contributed by atoms with Crippen molar-refractivity contribution in [3.8, 4) is 11.5 Å². The van der Waals surface area contributed by atoms with Gasteiger partial charge in [-0.3, -0.25) is 9.10 Å². The summed E-state index contributed by atoms with van der Waals surface area (Å²) in [5.74, 6) is -0.652. The van der Waals surface area contributed by atoms with Crippen molar-refractivity contribution in [3.05, 3.63) is 47.2 Å². The predicted octanol–water partition coefficient (Wildman–Crippen LogP) is 2.76. The number of rotatable bonds is 11. The molecule has 8 nitrogen and oxygen atoms in total. The van der Waals surface area contributed by atoms with Crippen molar-refractivity contribution in [2.24, 2.45) is 0 Å². The van der Waals surface area contributed by atoms with Gasteiger partial charge in [-0.05, 0) is 57.4 Å². The number of hydrogen-bond acceptors (Lipinski definition) is 6. The van der Waals surface area contributed by atoms with Gasteiger partial charge >= 0.3 is 0 Å². The average Bonchev–Trinajstić information content (AvgIpc) is 2.76. The van der Waals surface area contributed by atoms with Gasteiger partial charge in [0.05, 0.1) is 29.8 Å². The zero-order valence-electron chi connectivity index (χ0n) is 18.4. The minimum atomic E-state index is -4.23. The van der Waals surface area contributed by atoms with Crippen LogP contribution in [0.25, 0.3) is 0 Å². The molecule has 0 aliphatic rings. The minimum absolute atomic E-state index is 0.0506. The van der Waals surface area contributed by atoms with E-state index in [-0.39, 0.29) is 21.4 Å². The highest BCUT2D eigenvalue weighted by Crippen LogP contribution is 2.33. The molecule has 32 heavy (non-hydrogen) atoms. The lowest BCUT2D eigenvalue weighted by Crippen LogP contribution is -2.41. The highest BCUT2D eigenvalue weighted by molar-refractivity contribution is 7.92. The van der Waals surface area contributed by atoms with E-state index in [0.29, 0.717) is 18.7 Å². The Morgan fingerprint density at radius 2 is 1.78 bits per heavy atom. The van der Waals surface area contributed by atoms with Crippen LogP contribution in [0, 0.1) is 5.82 Å². The summed E-state index contributed by atoms with van der Waals surface area (Å²) in [6.07, 6.45) is 0.698. The SMILES string of the molecule is COc1ccc(S(=O)(=O)N(CC(=O)NCCCN(C)C)c2ccc(F)c(Cl)c2)cc1OC. The number of anilines is 1. The lowest BCUT2D eigenvalue weighted by molar-refractivity contribution is -0.119. The number of halogens is 2. The first kappa shape index (κ1) is 25.7. The van der Waals surface area contributed by atoms with E-state index in [1.54, 1.807) is 0 Å². The van der Waals surface area contributed by atoms with Crippen molar-refractivity contribution in [1.82, 2.24) is 10.2 Å². The Balaban J connectivity index is 2.39. The summed E-state index contributed by atoms with van der Waals surface area (Å²) >= 11 is 5.87. The van der Waals surface area contributed by atoms with Gasteiger partial charge in [0.1, 0.15) is 12.4 Å². The third-order valence-electron chi connectivity index (χ3n) is 4.53. The molecule has 0 saturated heterocycles. The number of nitrogens with zero attached hydrogens (tertiary/aromatic N) is 2.